The van der Waals surface area contributed by atoms with Crippen molar-refractivity contribution < 1.29 is 9.59 Å². The molecule has 0 radical (unpaired) electrons. The van der Waals surface area contributed by atoms with Crippen LogP contribution in [0.5, 0.6) is 0 Å². The lowest BCUT2D eigenvalue weighted by molar-refractivity contribution is -0.114. The number of halogens is 1. The number of carbonyl (C=O) groups is 2. The fraction of sp³-hybridized carbons (Fsp3) is 0.0625. The summed E-state index contributed by atoms with van der Waals surface area (Å²) in [6.45, 7) is 1.43. The molecule has 22 heavy (non-hydrogen) atoms. The Labute approximate surface area is 141 Å². The van der Waals surface area contributed by atoms with Crippen molar-refractivity contribution in [3.8, 4) is 0 Å². The smallest absolute Gasteiger partial charge is 0.271 e. The Bertz CT molecular complexity index is 694. The molecule has 0 spiro atoms. The number of carbonyl (C=O) groups excluding carboxylic acids is 2. The first-order valence-corrected chi connectivity index (χ1v) is 7.59. The van der Waals surface area contributed by atoms with Gasteiger partial charge in [0.25, 0.3) is 5.91 Å². The van der Waals surface area contributed by atoms with E-state index < -0.39 is 0 Å². The second-order valence-electron chi connectivity index (χ2n) is 4.51. The number of nitrogens with zero attached hydrogens (tertiary/aromatic N) is 1. The Balaban J connectivity index is 1.94. The van der Waals surface area contributed by atoms with E-state index in [1.54, 1.807) is 30.5 Å². The first-order chi connectivity index (χ1) is 10.5. The molecule has 0 saturated carbocycles. The molecule has 0 fully saturated rings. The van der Waals surface area contributed by atoms with Crippen LogP contribution in [0.3, 0.4) is 0 Å². The summed E-state index contributed by atoms with van der Waals surface area (Å²) in [5, 5.41) is 6.56. The summed E-state index contributed by atoms with van der Waals surface area (Å²) in [4.78, 5) is 22.8. The summed E-state index contributed by atoms with van der Waals surface area (Å²) in [7, 11) is 0. The lowest BCUT2D eigenvalue weighted by Crippen LogP contribution is -2.17. The molecule has 0 aliphatic heterocycles. The summed E-state index contributed by atoms with van der Waals surface area (Å²) >= 11 is 2.22. The number of nitrogens with one attached hydrogen (secondary N) is 2. The Hall–Kier alpha value is -2.22. The molecule has 5 nitrogen and oxygen atoms in total. The van der Waals surface area contributed by atoms with Gasteiger partial charge in [-0.1, -0.05) is 12.1 Å². The number of anilines is 1. The van der Waals surface area contributed by atoms with Crippen LogP contribution in [0.4, 0.5) is 5.69 Å². The average molecular weight is 407 g/mol. The zero-order chi connectivity index (χ0) is 15.9. The van der Waals surface area contributed by atoms with Gasteiger partial charge in [0.15, 0.2) is 0 Å². The van der Waals surface area contributed by atoms with Gasteiger partial charge in [-0.05, 0) is 64.6 Å². The number of rotatable bonds is 4. The van der Waals surface area contributed by atoms with Gasteiger partial charge in [0, 0.05) is 21.7 Å². The Morgan fingerprint density at radius 1 is 1.05 bits per heavy atom. The Morgan fingerprint density at radius 3 is 2.27 bits per heavy atom. The van der Waals surface area contributed by atoms with Crippen molar-refractivity contribution in [2.75, 3.05) is 5.32 Å². The molecule has 0 unspecified atom stereocenters. The van der Waals surface area contributed by atoms with E-state index in [-0.39, 0.29) is 11.8 Å². The highest BCUT2D eigenvalue weighted by Gasteiger charge is 2.04. The van der Waals surface area contributed by atoms with Crippen LogP contribution in [-0.2, 0) is 4.79 Å². The molecule has 2 amide bonds. The monoisotopic (exact) mass is 407 g/mol. The van der Waals surface area contributed by atoms with Crippen molar-refractivity contribution in [2.24, 2.45) is 5.10 Å². The molecule has 6 heteroatoms. The molecule has 0 atom stereocenters. The average Bonchev–Trinajstić information content (AvgIpc) is 2.49. The summed E-state index contributed by atoms with van der Waals surface area (Å²) in [6.07, 6.45) is 1.58. The fourth-order valence-corrected chi connectivity index (χ4v) is 2.05. The molecule has 2 rings (SSSR count). The quantitative estimate of drug-likeness (QED) is 0.465. The maximum Gasteiger partial charge on any atom is 0.271 e. The minimum absolute atomic E-state index is 0.153. The zero-order valence-corrected chi connectivity index (χ0v) is 14.0. The van der Waals surface area contributed by atoms with Crippen molar-refractivity contribution in [3.05, 3.63) is 63.2 Å². The predicted octanol–water partition coefficient (Wildman–Crippen LogP) is 3.01. The third kappa shape index (κ3) is 4.96. The molecule has 0 heterocycles. The van der Waals surface area contributed by atoms with Gasteiger partial charge in [0.2, 0.25) is 5.91 Å². The molecule has 2 aromatic carbocycles. The van der Waals surface area contributed by atoms with Gasteiger partial charge in [-0.15, -0.1) is 0 Å². The largest absolute Gasteiger partial charge is 0.326 e. The second-order valence-corrected chi connectivity index (χ2v) is 5.75. The van der Waals surface area contributed by atoms with Crippen LogP contribution >= 0.6 is 22.6 Å². The van der Waals surface area contributed by atoms with Crippen LogP contribution in [-0.4, -0.2) is 18.0 Å². The van der Waals surface area contributed by atoms with Crippen molar-refractivity contribution >= 4 is 46.3 Å². The Morgan fingerprint density at radius 2 is 1.68 bits per heavy atom. The standard InChI is InChI=1S/C16H14IN3O2/c1-11(21)19-15-8-4-13(5-9-15)16(22)20-18-10-12-2-6-14(17)7-3-12/h2-10H,1H3,(H,19,21)(H,20,22). The van der Waals surface area contributed by atoms with Gasteiger partial charge in [-0.2, -0.15) is 5.10 Å². The third-order valence-corrected chi connectivity index (χ3v) is 3.44. The number of hydrogen-bond acceptors (Lipinski definition) is 3. The molecule has 0 aliphatic rings. The van der Waals surface area contributed by atoms with Crippen molar-refractivity contribution in [3.63, 3.8) is 0 Å². The van der Waals surface area contributed by atoms with Gasteiger partial charge in [-0.3, -0.25) is 9.59 Å². The fourth-order valence-electron chi connectivity index (χ4n) is 1.69. The normalized spacial score (nSPS) is 10.5. The first kappa shape index (κ1) is 16.2. The summed E-state index contributed by atoms with van der Waals surface area (Å²) in [6, 6.07) is 14.3. The molecular weight excluding hydrogens is 393 g/mol. The van der Waals surface area contributed by atoms with E-state index >= 15 is 0 Å². The van der Waals surface area contributed by atoms with Crippen molar-refractivity contribution in [1.82, 2.24) is 5.43 Å². The van der Waals surface area contributed by atoms with E-state index in [1.165, 1.54) is 6.92 Å². The topological polar surface area (TPSA) is 70.6 Å². The number of amides is 2. The first-order valence-electron chi connectivity index (χ1n) is 6.51. The van der Waals surface area contributed by atoms with Gasteiger partial charge in [0.05, 0.1) is 6.21 Å². The van der Waals surface area contributed by atoms with E-state index in [2.05, 4.69) is 38.4 Å². The summed E-state index contributed by atoms with van der Waals surface area (Å²) in [5.41, 5.74) is 4.48. The number of benzene rings is 2. The molecule has 2 N–H and O–H groups in total. The molecule has 0 saturated heterocycles. The van der Waals surface area contributed by atoms with Crippen LogP contribution < -0.4 is 10.7 Å². The van der Waals surface area contributed by atoms with Crippen LogP contribution in [0.2, 0.25) is 0 Å². The number of hydrogen-bond donors (Lipinski definition) is 2. The molecule has 0 aliphatic carbocycles. The molecular formula is C16H14IN3O2. The molecule has 112 valence electrons. The maximum atomic E-state index is 11.9. The maximum absolute atomic E-state index is 11.9. The lowest BCUT2D eigenvalue weighted by Gasteiger charge is -2.03. The number of hydrazone groups is 1. The van der Waals surface area contributed by atoms with E-state index in [0.717, 1.165) is 9.13 Å². The highest BCUT2D eigenvalue weighted by atomic mass is 127. The van der Waals surface area contributed by atoms with Crippen LogP contribution in [0, 0.1) is 3.57 Å². The van der Waals surface area contributed by atoms with Gasteiger partial charge in [-0.25, -0.2) is 5.43 Å². The highest BCUT2D eigenvalue weighted by molar-refractivity contribution is 14.1. The highest BCUT2D eigenvalue weighted by Crippen LogP contribution is 2.09. The van der Waals surface area contributed by atoms with Crippen molar-refractivity contribution in [2.45, 2.75) is 6.92 Å². The van der Waals surface area contributed by atoms with Gasteiger partial charge in [0.1, 0.15) is 0 Å². The van der Waals surface area contributed by atoms with E-state index in [1.807, 2.05) is 24.3 Å². The zero-order valence-electron chi connectivity index (χ0n) is 11.8. The predicted molar refractivity (Wildman–Crippen MR) is 95.0 cm³/mol. The second kappa shape index (κ2) is 7.69. The summed E-state index contributed by atoms with van der Waals surface area (Å²) < 4.78 is 1.14. The van der Waals surface area contributed by atoms with Crippen LogP contribution in [0.15, 0.2) is 53.6 Å². The minimum atomic E-state index is -0.309. The minimum Gasteiger partial charge on any atom is -0.326 e. The molecule has 0 bridgehead atoms. The van der Waals surface area contributed by atoms with Crippen LogP contribution in [0.1, 0.15) is 22.8 Å². The Kier molecular flexibility index (Phi) is 5.65. The summed E-state index contributed by atoms with van der Waals surface area (Å²) in [5.74, 6) is -0.463. The van der Waals surface area contributed by atoms with Gasteiger partial charge < -0.3 is 5.32 Å². The third-order valence-electron chi connectivity index (χ3n) is 2.72. The van der Waals surface area contributed by atoms with E-state index in [9.17, 15) is 9.59 Å². The molecule has 2 aromatic rings. The van der Waals surface area contributed by atoms with Crippen molar-refractivity contribution in [1.29, 1.82) is 0 Å². The molecule has 0 aromatic heterocycles. The van der Waals surface area contributed by atoms with Gasteiger partial charge >= 0.3 is 0 Å². The van der Waals surface area contributed by atoms with Crippen LogP contribution in [0.25, 0.3) is 0 Å². The lowest BCUT2D eigenvalue weighted by atomic mass is 10.2. The SMILES string of the molecule is CC(=O)Nc1ccc(C(=O)NN=Cc2ccc(I)cc2)cc1. The van der Waals surface area contributed by atoms with E-state index in [4.69, 9.17) is 0 Å². The van der Waals surface area contributed by atoms with E-state index in [0.29, 0.717) is 11.3 Å².